The van der Waals surface area contributed by atoms with E-state index in [1.165, 1.54) is 11.3 Å². The fraction of sp³-hybridized carbons (Fsp3) is 0.538. The summed E-state index contributed by atoms with van der Waals surface area (Å²) in [5, 5.41) is 4.45. The lowest BCUT2D eigenvalue weighted by Gasteiger charge is -2.36. The van der Waals surface area contributed by atoms with Crippen LogP contribution in [0, 0.1) is 12.8 Å². The molecule has 1 aliphatic carbocycles. The van der Waals surface area contributed by atoms with Crippen LogP contribution in [-0.4, -0.2) is 50.5 Å². The maximum Gasteiger partial charge on any atom is 0.245 e. The van der Waals surface area contributed by atoms with Crippen molar-refractivity contribution in [3.63, 3.8) is 0 Å². The molecular formula is C26H33ClN6O3S. The highest BCUT2D eigenvalue weighted by Gasteiger charge is 2.32. The number of nitrogens with one attached hydrogen (secondary N) is 1. The number of nitrogens with zero attached hydrogens (tertiary/aromatic N) is 5. The number of rotatable bonds is 10. The van der Waals surface area contributed by atoms with Gasteiger partial charge in [0, 0.05) is 25.6 Å². The quantitative estimate of drug-likeness (QED) is 0.204. The van der Waals surface area contributed by atoms with Gasteiger partial charge in [-0.2, -0.15) is 0 Å². The van der Waals surface area contributed by atoms with Crippen LogP contribution in [0.1, 0.15) is 55.7 Å². The SMILES string of the molecule is CO[C@H]1C[C@H](NCOCc2ncc(Cl)s2)C[C@H](n2c(CC(C)C)nc3cnc(-c4ncc(C)o4)cc32)C1. The first-order valence-corrected chi connectivity index (χ1v) is 13.8. The average molecular weight is 545 g/mol. The standard InChI is InChI=1S/C26H33ClN6O3S/c1-15(2)5-24-32-21-11-28-20(26-30-10-16(3)36-26)9-22(21)33(24)18-6-17(7-19(8-18)34-4)31-14-35-13-25-29-12-23(27)37-25/h9-12,15,17-19,31H,5-8,13-14H2,1-4H3/t17-,18+,19+/m1/s1. The van der Waals surface area contributed by atoms with Crippen molar-refractivity contribution in [2.45, 2.75) is 71.2 Å². The van der Waals surface area contributed by atoms with Gasteiger partial charge >= 0.3 is 0 Å². The van der Waals surface area contributed by atoms with Crippen LogP contribution in [0.25, 0.3) is 22.6 Å². The van der Waals surface area contributed by atoms with Gasteiger partial charge in [-0.15, -0.1) is 11.3 Å². The van der Waals surface area contributed by atoms with Gasteiger partial charge in [0.2, 0.25) is 5.89 Å². The third-order valence-electron chi connectivity index (χ3n) is 6.64. The lowest BCUT2D eigenvalue weighted by atomic mass is 9.88. The number of fused-ring (bicyclic) bond motifs is 1. The van der Waals surface area contributed by atoms with Gasteiger partial charge in [0.1, 0.15) is 38.7 Å². The van der Waals surface area contributed by atoms with Crippen molar-refractivity contribution < 1.29 is 13.9 Å². The van der Waals surface area contributed by atoms with E-state index in [1.807, 2.05) is 13.1 Å². The van der Waals surface area contributed by atoms with Crippen molar-refractivity contribution in [3.8, 4) is 11.6 Å². The first-order valence-electron chi connectivity index (χ1n) is 12.6. The number of hydrogen-bond donors (Lipinski definition) is 1. The van der Waals surface area contributed by atoms with Crippen LogP contribution in [0.15, 0.2) is 29.1 Å². The van der Waals surface area contributed by atoms with E-state index in [0.717, 1.165) is 53.3 Å². The van der Waals surface area contributed by atoms with Crippen molar-refractivity contribution in [1.29, 1.82) is 0 Å². The molecule has 3 atom stereocenters. The Bertz CT molecular complexity index is 1340. The minimum absolute atomic E-state index is 0.133. The molecular weight excluding hydrogens is 512 g/mol. The van der Waals surface area contributed by atoms with Gasteiger partial charge in [-0.3, -0.25) is 5.32 Å². The highest BCUT2D eigenvalue weighted by Crippen LogP contribution is 2.35. The summed E-state index contributed by atoms with van der Waals surface area (Å²) < 4.78 is 20.5. The number of pyridine rings is 1. The van der Waals surface area contributed by atoms with E-state index < -0.39 is 0 Å². The lowest BCUT2D eigenvalue weighted by molar-refractivity contribution is 0.0261. The number of ether oxygens (including phenoxy) is 2. The second kappa shape index (κ2) is 11.6. The first kappa shape index (κ1) is 26.2. The zero-order valence-electron chi connectivity index (χ0n) is 21.6. The highest BCUT2D eigenvalue weighted by atomic mass is 35.5. The topological polar surface area (TPSA) is 100 Å². The molecule has 4 aromatic heterocycles. The van der Waals surface area contributed by atoms with Crippen LogP contribution in [0.2, 0.25) is 4.34 Å². The minimum atomic E-state index is 0.133. The smallest absolute Gasteiger partial charge is 0.245 e. The molecule has 0 radical (unpaired) electrons. The molecule has 198 valence electrons. The van der Waals surface area contributed by atoms with Gasteiger partial charge in [-0.05, 0) is 38.2 Å². The summed E-state index contributed by atoms with van der Waals surface area (Å²) >= 11 is 7.41. The van der Waals surface area contributed by atoms with E-state index in [2.05, 4.69) is 44.7 Å². The van der Waals surface area contributed by atoms with Gasteiger partial charge in [0.25, 0.3) is 0 Å². The number of aryl methyl sites for hydroxylation is 1. The first-order chi connectivity index (χ1) is 17.9. The van der Waals surface area contributed by atoms with Crippen molar-refractivity contribution in [2.75, 3.05) is 13.8 Å². The van der Waals surface area contributed by atoms with Crippen LogP contribution >= 0.6 is 22.9 Å². The molecule has 5 rings (SSSR count). The third-order valence-corrected chi connectivity index (χ3v) is 7.73. The van der Waals surface area contributed by atoms with Crippen molar-refractivity contribution in [3.05, 3.63) is 45.6 Å². The zero-order chi connectivity index (χ0) is 25.9. The lowest BCUT2D eigenvalue weighted by Crippen LogP contribution is -2.42. The molecule has 37 heavy (non-hydrogen) atoms. The summed E-state index contributed by atoms with van der Waals surface area (Å²) in [4.78, 5) is 18.2. The predicted molar refractivity (Wildman–Crippen MR) is 144 cm³/mol. The molecule has 1 fully saturated rings. The molecule has 0 amide bonds. The second-order valence-corrected chi connectivity index (χ2v) is 11.7. The molecule has 1 saturated carbocycles. The van der Waals surface area contributed by atoms with Gasteiger partial charge in [-0.1, -0.05) is 25.4 Å². The maximum absolute atomic E-state index is 5.97. The van der Waals surface area contributed by atoms with Gasteiger partial charge in [-0.25, -0.2) is 19.9 Å². The normalized spacial score (nSPS) is 20.3. The fourth-order valence-corrected chi connectivity index (χ4v) is 5.93. The van der Waals surface area contributed by atoms with E-state index in [-0.39, 0.29) is 18.2 Å². The monoisotopic (exact) mass is 544 g/mol. The summed E-state index contributed by atoms with van der Waals surface area (Å²) in [5.41, 5.74) is 2.65. The summed E-state index contributed by atoms with van der Waals surface area (Å²) in [6.07, 6.45) is 9.00. The molecule has 1 N–H and O–H groups in total. The van der Waals surface area contributed by atoms with E-state index in [1.54, 1.807) is 19.5 Å². The third kappa shape index (κ3) is 6.21. The zero-order valence-corrected chi connectivity index (χ0v) is 23.2. The molecule has 9 nitrogen and oxygen atoms in total. The molecule has 1 aliphatic rings. The van der Waals surface area contributed by atoms with E-state index >= 15 is 0 Å². The maximum atomic E-state index is 5.97. The summed E-state index contributed by atoms with van der Waals surface area (Å²) in [6, 6.07) is 2.51. The summed E-state index contributed by atoms with van der Waals surface area (Å²) in [6.45, 7) is 7.20. The van der Waals surface area contributed by atoms with E-state index in [9.17, 15) is 0 Å². The van der Waals surface area contributed by atoms with Crippen LogP contribution < -0.4 is 5.32 Å². The highest BCUT2D eigenvalue weighted by molar-refractivity contribution is 7.15. The van der Waals surface area contributed by atoms with E-state index in [0.29, 0.717) is 35.2 Å². The molecule has 0 unspecified atom stereocenters. The Hall–Kier alpha value is -2.37. The number of aromatic nitrogens is 5. The molecule has 4 heterocycles. The Morgan fingerprint density at radius 1 is 1.19 bits per heavy atom. The average Bonchev–Trinajstić information content (AvgIpc) is 3.58. The minimum Gasteiger partial charge on any atom is -0.440 e. The predicted octanol–water partition coefficient (Wildman–Crippen LogP) is 5.58. The number of thiazole rings is 1. The van der Waals surface area contributed by atoms with Crippen molar-refractivity contribution in [2.24, 2.45) is 5.92 Å². The second-order valence-electron chi connectivity index (χ2n) is 10.0. The van der Waals surface area contributed by atoms with Crippen molar-refractivity contribution in [1.82, 2.24) is 29.8 Å². The number of imidazole rings is 1. The molecule has 0 aromatic carbocycles. The Labute approximate surface area is 225 Å². The van der Waals surface area contributed by atoms with Gasteiger partial charge < -0.3 is 18.5 Å². The van der Waals surface area contributed by atoms with Crippen LogP contribution in [0.5, 0.6) is 0 Å². The van der Waals surface area contributed by atoms with Gasteiger partial charge in [0.05, 0.1) is 36.9 Å². The number of methoxy groups -OCH3 is 1. The van der Waals surface area contributed by atoms with E-state index in [4.69, 9.17) is 30.5 Å². The summed E-state index contributed by atoms with van der Waals surface area (Å²) in [7, 11) is 1.79. The molecule has 4 aromatic rings. The number of halogens is 1. The Balaban J connectivity index is 1.39. The molecule has 0 bridgehead atoms. The molecule has 0 aliphatic heterocycles. The van der Waals surface area contributed by atoms with Crippen LogP contribution in [0.4, 0.5) is 0 Å². The molecule has 0 spiro atoms. The number of oxazole rings is 1. The molecule has 11 heteroatoms. The Kier molecular flexibility index (Phi) is 8.21. The summed E-state index contributed by atoms with van der Waals surface area (Å²) in [5.74, 6) is 2.83. The van der Waals surface area contributed by atoms with Crippen molar-refractivity contribution >= 4 is 34.0 Å². The van der Waals surface area contributed by atoms with Crippen LogP contribution in [0.3, 0.4) is 0 Å². The fourth-order valence-electron chi connectivity index (χ4n) is 5.03. The number of hydrogen-bond acceptors (Lipinski definition) is 9. The molecule has 0 saturated heterocycles. The Morgan fingerprint density at radius 2 is 2.05 bits per heavy atom. The Morgan fingerprint density at radius 3 is 2.76 bits per heavy atom. The largest absolute Gasteiger partial charge is 0.440 e. The van der Waals surface area contributed by atoms with Crippen LogP contribution in [-0.2, 0) is 22.5 Å². The van der Waals surface area contributed by atoms with Gasteiger partial charge in [0.15, 0.2) is 0 Å².